The number of nitrogens with two attached hydrogens (primary N) is 1. The monoisotopic (exact) mass is 500 g/mol. The molecule has 10 heteroatoms. The molecule has 0 saturated heterocycles. The molecule has 0 fully saturated rings. The molecule has 7 nitrogen and oxygen atoms in total. The maximum absolute atomic E-state index is 11.4. The van der Waals surface area contributed by atoms with Crippen LogP contribution in [0.1, 0.15) is 40.3 Å². The molecular weight excluding hydrogens is 476 g/mol. The first-order valence-corrected chi connectivity index (χ1v) is 12.9. The summed E-state index contributed by atoms with van der Waals surface area (Å²) in [6, 6.07) is 11.9. The second kappa shape index (κ2) is 11.0. The molecular formula is C23H24N4O3S3. The number of thiophene rings is 1. The molecule has 4 aromatic rings. The fourth-order valence-corrected chi connectivity index (χ4v) is 6.37. The fourth-order valence-electron chi connectivity index (χ4n) is 3.43. The number of para-hydroxylation sites is 1. The van der Waals surface area contributed by atoms with Crippen LogP contribution in [0.5, 0.6) is 5.75 Å². The number of aromatic nitrogens is 3. The molecule has 172 valence electrons. The van der Waals surface area contributed by atoms with Gasteiger partial charge in [-0.3, -0.25) is 4.79 Å². The van der Waals surface area contributed by atoms with Crippen LogP contribution in [0.2, 0.25) is 0 Å². The van der Waals surface area contributed by atoms with Crippen LogP contribution in [-0.4, -0.2) is 31.7 Å². The summed E-state index contributed by atoms with van der Waals surface area (Å²) in [4.78, 5) is 20.8. The molecule has 1 amide bonds. The third kappa shape index (κ3) is 6.23. The second-order valence-corrected chi connectivity index (χ2v) is 11.0. The molecule has 3 N–H and O–H groups in total. The number of carbonyl (C=O) groups excluding carboxylic acids is 1. The number of carbonyl (C=O) groups is 1. The molecule has 0 spiro atoms. The summed E-state index contributed by atoms with van der Waals surface area (Å²) >= 11 is 5.00. The van der Waals surface area contributed by atoms with E-state index in [0.29, 0.717) is 19.4 Å². The van der Waals surface area contributed by atoms with Gasteiger partial charge in [0.15, 0.2) is 4.34 Å². The van der Waals surface area contributed by atoms with Crippen molar-refractivity contribution in [1.29, 1.82) is 0 Å². The third-order valence-electron chi connectivity index (χ3n) is 5.08. The van der Waals surface area contributed by atoms with Crippen molar-refractivity contribution in [2.75, 3.05) is 0 Å². The van der Waals surface area contributed by atoms with Crippen LogP contribution in [0.25, 0.3) is 0 Å². The lowest BCUT2D eigenvalue weighted by atomic mass is 10.0. The highest BCUT2D eigenvalue weighted by Gasteiger charge is 2.19. The summed E-state index contributed by atoms with van der Waals surface area (Å²) in [5.74, 6) is 0.242. The van der Waals surface area contributed by atoms with E-state index in [1.807, 2.05) is 35.8 Å². The first-order chi connectivity index (χ1) is 16.0. The molecule has 0 radical (unpaired) electrons. The van der Waals surface area contributed by atoms with Crippen LogP contribution in [0, 0.1) is 0 Å². The minimum Gasteiger partial charge on any atom is -0.488 e. The number of primary amides is 1. The van der Waals surface area contributed by atoms with Gasteiger partial charge in [0.1, 0.15) is 18.1 Å². The topological polar surface area (TPSA) is 103 Å². The maximum atomic E-state index is 11.4. The summed E-state index contributed by atoms with van der Waals surface area (Å²) in [7, 11) is 0. The van der Waals surface area contributed by atoms with E-state index in [9.17, 15) is 9.90 Å². The molecule has 33 heavy (non-hydrogen) atoms. The van der Waals surface area contributed by atoms with Crippen LogP contribution < -0.4 is 10.5 Å². The Morgan fingerprint density at radius 3 is 2.85 bits per heavy atom. The van der Waals surface area contributed by atoms with E-state index in [1.165, 1.54) is 10.5 Å². The smallest absolute Gasteiger partial charge is 0.268 e. The Bertz CT molecular complexity index is 1190. The lowest BCUT2D eigenvalue weighted by Gasteiger charge is -2.22. The van der Waals surface area contributed by atoms with Gasteiger partial charge in [-0.2, -0.15) is 0 Å². The number of aliphatic hydroxyl groups excluding tert-OH is 1. The van der Waals surface area contributed by atoms with Gasteiger partial charge in [-0.1, -0.05) is 18.2 Å². The van der Waals surface area contributed by atoms with E-state index < -0.39 is 12.0 Å². The van der Waals surface area contributed by atoms with Gasteiger partial charge < -0.3 is 20.1 Å². The molecule has 0 aliphatic rings. The number of thiazole rings is 1. The van der Waals surface area contributed by atoms with Gasteiger partial charge in [-0.05, 0) is 55.3 Å². The number of rotatable bonds is 11. The van der Waals surface area contributed by atoms with Crippen molar-refractivity contribution in [3.63, 3.8) is 0 Å². The van der Waals surface area contributed by atoms with Crippen LogP contribution in [-0.2, 0) is 13.0 Å². The zero-order valence-electron chi connectivity index (χ0n) is 18.0. The quantitative estimate of drug-likeness (QED) is 0.307. The Hall–Kier alpha value is -2.66. The van der Waals surface area contributed by atoms with E-state index in [-0.39, 0.29) is 11.7 Å². The number of aryl methyl sites for hydroxylation is 1. The summed E-state index contributed by atoms with van der Waals surface area (Å²) in [5, 5.41) is 12.3. The number of amides is 1. The summed E-state index contributed by atoms with van der Waals surface area (Å²) in [5.41, 5.74) is 6.56. The van der Waals surface area contributed by atoms with E-state index >= 15 is 0 Å². The lowest BCUT2D eigenvalue weighted by molar-refractivity contribution is 0.0994. The van der Waals surface area contributed by atoms with Gasteiger partial charge in [0.25, 0.3) is 5.91 Å². The zero-order chi connectivity index (χ0) is 23.2. The third-order valence-corrected chi connectivity index (χ3v) is 8.15. The zero-order valence-corrected chi connectivity index (χ0v) is 20.4. The molecule has 1 aromatic carbocycles. The average molecular weight is 501 g/mol. The number of hydrogen-bond donors (Lipinski definition) is 2. The van der Waals surface area contributed by atoms with Gasteiger partial charge in [0, 0.05) is 22.7 Å². The number of nitrogens with zero attached hydrogens (tertiary/aromatic N) is 3. The number of imidazole rings is 1. The van der Waals surface area contributed by atoms with Crippen molar-refractivity contribution in [3.8, 4) is 5.75 Å². The van der Waals surface area contributed by atoms with E-state index in [4.69, 9.17) is 10.5 Å². The highest BCUT2D eigenvalue weighted by molar-refractivity contribution is 8.02. The van der Waals surface area contributed by atoms with Crippen molar-refractivity contribution in [3.05, 3.63) is 76.6 Å². The summed E-state index contributed by atoms with van der Waals surface area (Å²) in [6.45, 7) is 2.22. The summed E-state index contributed by atoms with van der Waals surface area (Å²) < 4.78 is 10.1. The molecule has 0 aliphatic carbocycles. The highest BCUT2D eigenvalue weighted by Crippen LogP contribution is 2.35. The molecule has 0 saturated carbocycles. The van der Waals surface area contributed by atoms with Crippen LogP contribution in [0.4, 0.5) is 0 Å². The predicted molar refractivity (Wildman–Crippen MR) is 131 cm³/mol. The van der Waals surface area contributed by atoms with E-state index in [0.717, 1.165) is 20.5 Å². The van der Waals surface area contributed by atoms with Crippen molar-refractivity contribution in [2.45, 2.75) is 47.1 Å². The van der Waals surface area contributed by atoms with Gasteiger partial charge in [-0.15, -0.1) is 22.7 Å². The minimum atomic E-state index is -0.618. The van der Waals surface area contributed by atoms with Gasteiger partial charge in [0.05, 0.1) is 22.7 Å². The van der Waals surface area contributed by atoms with E-state index in [2.05, 4.69) is 22.1 Å². The average Bonchev–Trinajstić information content (AvgIpc) is 3.56. The Kier molecular flexibility index (Phi) is 7.81. The normalized spacial score (nSPS) is 13.0. The van der Waals surface area contributed by atoms with Crippen molar-refractivity contribution >= 4 is 40.3 Å². The Balaban J connectivity index is 1.38. The molecule has 3 aromatic heterocycles. The van der Waals surface area contributed by atoms with Crippen molar-refractivity contribution < 1.29 is 14.6 Å². The number of ether oxygens (including phenoxy) is 1. The number of hydrogen-bond acceptors (Lipinski definition) is 8. The Labute approximate surface area is 204 Å². The van der Waals surface area contributed by atoms with Crippen LogP contribution in [0.3, 0.4) is 0 Å². The predicted octanol–water partition coefficient (Wildman–Crippen LogP) is 4.78. The van der Waals surface area contributed by atoms with Gasteiger partial charge >= 0.3 is 0 Å². The molecule has 0 aliphatic heterocycles. The largest absolute Gasteiger partial charge is 0.488 e. The van der Waals surface area contributed by atoms with Gasteiger partial charge in [0.2, 0.25) is 0 Å². The number of benzene rings is 1. The van der Waals surface area contributed by atoms with Crippen molar-refractivity contribution in [1.82, 2.24) is 14.5 Å². The molecule has 4 rings (SSSR count). The Morgan fingerprint density at radius 2 is 2.12 bits per heavy atom. The molecule has 3 heterocycles. The van der Waals surface area contributed by atoms with Gasteiger partial charge in [-0.25, -0.2) is 9.97 Å². The summed E-state index contributed by atoms with van der Waals surface area (Å²) in [6.07, 6.45) is 5.67. The SMILES string of the molecule is C[C@H](O)[C@@H](CCc1ccccc1OCc1ccc(Sc2nccs2)s1)n1cnc(C(N)=O)c1. The fraction of sp³-hybridized carbons (Fsp3) is 0.261. The number of aliphatic hydroxyl groups is 1. The minimum absolute atomic E-state index is 0.188. The lowest BCUT2D eigenvalue weighted by Crippen LogP contribution is -2.21. The van der Waals surface area contributed by atoms with Crippen molar-refractivity contribution in [2.24, 2.45) is 5.73 Å². The standard InChI is InChI=1S/C23H24N4O3S3/c1-15(28)19(27-12-18(22(24)29)26-14-27)8-6-16-4-2-3-5-20(16)30-13-17-7-9-21(32-17)33-23-25-10-11-31-23/h2-5,7,9-12,14-15,19,28H,6,8,13H2,1H3,(H2,24,29)/t15-,19+/m0/s1. The second-order valence-electron chi connectivity index (χ2n) is 7.43. The van der Waals surface area contributed by atoms with E-state index in [1.54, 1.807) is 52.1 Å². The highest BCUT2D eigenvalue weighted by atomic mass is 32.2. The maximum Gasteiger partial charge on any atom is 0.268 e. The van der Waals surface area contributed by atoms with Crippen LogP contribution >= 0.6 is 34.4 Å². The first-order valence-electron chi connectivity index (χ1n) is 10.4. The Morgan fingerprint density at radius 1 is 1.27 bits per heavy atom. The first kappa shape index (κ1) is 23.5. The van der Waals surface area contributed by atoms with Crippen LogP contribution in [0.15, 0.2) is 69.0 Å². The molecule has 0 unspecified atom stereocenters. The molecule has 2 atom stereocenters. The molecule has 0 bridgehead atoms.